The van der Waals surface area contributed by atoms with E-state index in [4.69, 9.17) is 4.74 Å². The van der Waals surface area contributed by atoms with Gasteiger partial charge in [-0.25, -0.2) is 9.18 Å². The first kappa shape index (κ1) is 20.2. The summed E-state index contributed by atoms with van der Waals surface area (Å²) in [7, 11) is 1.74. The molecule has 0 spiro atoms. The van der Waals surface area contributed by atoms with Crippen molar-refractivity contribution < 1.29 is 18.7 Å². The number of imide groups is 1. The average Bonchev–Trinajstić information content (AvgIpc) is 2.58. The van der Waals surface area contributed by atoms with Gasteiger partial charge in [0, 0.05) is 12.6 Å². The molecule has 0 heterocycles. The van der Waals surface area contributed by atoms with Crippen molar-refractivity contribution in [3.05, 3.63) is 30.1 Å². The average molecular weight is 365 g/mol. The molecule has 3 amide bonds. The number of hydrogen-bond donors (Lipinski definition) is 2. The third kappa shape index (κ3) is 6.63. The number of likely N-dealkylation sites (N-methyl/N-ethyl adjacent to an activating group) is 1. The monoisotopic (exact) mass is 365 g/mol. The summed E-state index contributed by atoms with van der Waals surface area (Å²) in [6.45, 7) is 2.86. The van der Waals surface area contributed by atoms with Crippen molar-refractivity contribution in [2.75, 3.05) is 26.7 Å². The van der Waals surface area contributed by atoms with E-state index in [1.165, 1.54) is 12.5 Å². The van der Waals surface area contributed by atoms with Gasteiger partial charge in [0.25, 0.3) is 0 Å². The van der Waals surface area contributed by atoms with E-state index in [9.17, 15) is 14.0 Å². The molecule has 2 rings (SSSR count). The number of carbonyl (C=O) groups excluding carboxylic acids is 2. The zero-order chi connectivity index (χ0) is 18.9. The number of rotatable bonds is 7. The Labute approximate surface area is 154 Å². The Morgan fingerprint density at radius 1 is 1.27 bits per heavy atom. The van der Waals surface area contributed by atoms with Crippen LogP contribution in [0.1, 0.15) is 32.6 Å². The summed E-state index contributed by atoms with van der Waals surface area (Å²) in [6, 6.07) is 5.86. The molecule has 144 valence electrons. The van der Waals surface area contributed by atoms with E-state index in [1.807, 2.05) is 0 Å². The molecule has 2 N–H and O–H groups in total. The highest BCUT2D eigenvalue weighted by molar-refractivity contribution is 5.95. The maximum atomic E-state index is 13.4. The zero-order valence-electron chi connectivity index (χ0n) is 15.5. The predicted octanol–water partition coefficient (Wildman–Crippen LogP) is 2.54. The van der Waals surface area contributed by atoms with Gasteiger partial charge in [0.15, 0.2) is 11.6 Å². The van der Waals surface area contributed by atoms with E-state index >= 15 is 0 Å². The van der Waals surface area contributed by atoms with E-state index in [1.54, 1.807) is 30.1 Å². The van der Waals surface area contributed by atoms with Crippen LogP contribution in [-0.2, 0) is 4.79 Å². The SMILES string of the molecule is CC1CCCCC1NC(=O)NC(=O)CN(C)CCOc1ccccc1F. The second-order valence-electron chi connectivity index (χ2n) is 6.91. The van der Waals surface area contributed by atoms with Crippen LogP contribution in [0.4, 0.5) is 9.18 Å². The second kappa shape index (κ2) is 10.1. The van der Waals surface area contributed by atoms with Gasteiger partial charge in [0.05, 0.1) is 6.54 Å². The number of nitrogens with zero attached hydrogens (tertiary/aromatic N) is 1. The van der Waals surface area contributed by atoms with Crippen molar-refractivity contribution in [2.24, 2.45) is 5.92 Å². The largest absolute Gasteiger partial charge is 0.489 e. The molecule has 0 radical (unpaired) electrons. The first-order valence-corrected chi connectivity index (χ1v) is 9.12. The van der Waals surface area contributed by atoms with Gasteiger partial charge in [-0.1, -0.05) is 31.9 Å². The van der Waals surface area contributed by atoms with E-state index in [2.05, 4.69) is 17.6 Å². The van der Waals surface area contributed by atoms with Gasteiger partial charge in [0.1, 0.15) is 6.61 Å². The molecule has 7 heteroatoms. The highest BCUT2D eigenvalue weighted by Crippen LogP contribution is 2.23. The summed E-state index contributed by atoms with van der Waals surface area (Å²) < 4.78 is 18.8. The van der Waals surface area contributed by atoms with E-state index < -0.39 is 11.8 Å². The van der Waals surface area contributed by atoms with Crippen molar-refractivity contribution in [1.29, 1.82) is 0 Å². The molecule has 0 saturated heterocycles. The second-order valence-corrected chi connectivity index (χ2v) is 6.91. The third-order valence-corrected chi connectivity index (χ3v) is 4.66. The number of halogens is 1. The van der Waals surface area contributed by atoms with E-state index in [-0.39, 0.29) is 30.9 Å². The van der Waals surface area contributed by atoms with Crippen LogP contribution in [0.3, 0.4) is 0 Å². The molecular formula is C19H28FN3O3. The van der Waals surface area contributed by atoms with Crippen molar-refractivity contribution in [2.45, 2.75) is 38.6 Å². The minimum Gasteiger partial charge on any atom is -0.489 e. The fourth-order valence-electron chi connectivity index (χ4n) is 3.10. The van der Waals surface area contributed by atoms with Crippen LogP contribution in [0.5, 0.6) is 5.75 Å². The summed E-state index contributed by atoms with van der Waals surface area (Å²) in [5.74, 6) is -0.171. The molecule has 1 aliphatic carbocycles. The number of ether oxygens (including phenoxy) is 1. The van der Waals surface area contributed by atoms with Crippen LogP contribution < -0.4 is 15.4 Å². The molecular weight excluding hydrogens is 337 g/mol. The minimum absolute atomic E-state index is 0.0638. The van der Waals surface area contributed by atoms with Crippen LogP contribution >= 0.6 is 0 Å². The molecule has 0 bridgehead atoms. The van der Waals surface area contributed by atoms with Gasteiger partial charge in [-0.15, -0.1) is 0 Å². The van der Waals surface area contributed by atoms with Gasteiger partial charge in [0.2, 0.25) is 5.91 Å². The lowest BCUT2D eigenvalue weighted by Gasteiger charge is -2.29. The van der Waals surface area contributed by atoms with Gasteiger partial charge in [-0.2, -0.15) is 0 Å². The lowest BCUT2D eigenvalue weighted by Crippen LogP contribution is -2.49. The maximum Gasteiger partial charge on any atom is 0.321 e. The Balaban J connectivity index is 1.65. The minimum atomic E-state index is -0.440. The molecule has 0 aliphatic heterocycles. The predicted molar refractivity (Wildman–Crippen MR) is 97.5 cm³/mol. The Bertz CT molecular complexity index is 611. The lowest BCUT2D eigenvalue weighted by atomic mass is 9.86. The molecule has 2 atom stereocenters. The van der Waals surface area contributed by atoms with Gasteiger partial charge >= 0.3 is 6.03 Å². The van der Waals surface area contributed by atoms with Crippen LogP contribution in [0.15, 0.2) is 24.3 Å². The Kier molecular flexibility index (Phi) is 7.84. The van der Waals surface area contributed by atoms with Crippen LogP contribution in [0.2, 0.25) is 0 Å². The summed E-state index contributed by atoms with van der Waals surface area (Å²) in [5.41, 5.74) is 0. The standard InChI is InChI=1S/C19H28FN3O3/c1-14-7-3-5-9-16(14)21-19(25)22-18(24)13-23(2)11-12-26-17-10-6-4-8-15(17)20/h4,6,8,10,14,16H,3,5,7,9,11-13H2,1-2H3,(H2,21,22,24,25). The number of para-hydroxylation sites is 1. The number of carbonyl (C=O) groups is 2. The molecule has 1 aromatic carbocycles. The van der Waals surface area contributed by atoms with Gasteiger partial charge in [-0.05, 0) is 37.9 Å². The highest BCUT2D eigenvalue weighted by Gasteiger charge is 2.23. The van der Waals surface area contributed by atoms with Gasteiger partial charge in [-0.3, -0.25) is 15.0 Å². The quantitative estimate of drug-likeness (QED) is 0.779. The highest BCUT2D eigenvalue weighted by atomic mass is 19.1. The van der Waals surface area contributed by atoms with Crippen molar-refractivity contribution in [1.82, 2.24) is 15.5 Å². The fourth-order valence-corrected chi connectivity index (χ4v) is 3.10. The molecule has 0 aromatic heterocycles. The smallest absolute Gasteiger partial charge is 0.321 e. The van der Waals surface area contributed by atoms with Crippen molar-refractivity contribution in [3.63, 3.8) is 0 Å². The molecule has 2 unspecified atom stereocenters. The third-order valence-electron chi connectivity index (χ3n) is 4.66. The normalized spacial score (nSPS) is 19.8. The van der Waals surface area contributed by atoms with Crippen LogP contribution in [0, 0.1) is 11.7 Å². The van der Waals surface area contributed by atoms with Crippen LogP contribution in [0.25, 0.3) is 0 Å². The van der Waals surface area contributed by atoms with Crippen molar-refractivity contribution >= 4 is 11.9 Å². The lowest BCUT2D eigenvalue weighted by molar-refractivity contribution is -0.120. The molecule has 1 saturated carbocycles. The first-order valence-electron chi connectivity index (χ1n) is 9.12. The number of benzene rings is 1. The summed E-state index contributed by atoms with van der Waals surface area (Å²) in [5, 5.41) is 5.25. The maximum absolute atomic E-state index is 13.4. The summed E-state index contributed by atoms with van der Waals surface area (Å²) in [6.07, 6.45) is 4.35. The number of urea groups is 1. The summed E-state index contributed by atoms with van der Waals surface area (Å²) >= 11 is 0. The Morgan fingerprint density at radius 2 is 2.00 bits per heavy atom. The number of amides is 3. The summed E-state index contributed by atoms with van der Waals surface area (Å²) in [4.78, 5) is 25.6. The fraction of sp³-hybridized carbons (Fsp3) is 0.579. The Hall–Kier alpha value is -2.15. The van der Waals surface area contributed by atoms with Crippen molar-refractivity contribution in [3.8, 4) is 5.75 Å². The Morgan fingerprint density at radius 3 is 2.73 bits per heavy atom. The molecule has 1 fully saturated rings. The first-order chi connectivity index (χ1) is 12.5. The van der Waals surface area contributed by atoms with E-state index in [0.717, 1.165) is 19.3 Å². The molecule has 26 heavy (non-hydrogen) atoms. The molecule has 1 aliphatic rings. The molecule has 1 aromatic rings. The van der Waals surface area contributed by atoms with Gasteiger partial charge < -0.3 is 10.1 Å². The van der Waals surface area contributed by atoms with Crippen LogP contribution in [-0.4, -0.2) is 49.6 Å². The topological polar surface area (TPSA) is 70.7 Å². The zero-order valence-corrected chi connectivity index (χ0v) is 15.5. The van der Waals surface area contributed by atoms with E-state index in [0.29, 0.717) is 12.5 Å². The number of hydrogen-bond acceptors (Lipinski definition) is 4. The molecule has 6 nitrogen and oxygen atoms in total. The number of nitrogens with one attached hydrogen (secondary N) is 2.